The topological polar surface area (TPSA) is 59.8 Å². The number of nitrogens with one attached hydrogen (secondary N) is 1. The van der Waals surface area contributed by atoms with Crippen molar-refractivity contribution in [2.24, 2.45) is 7.05 Å². The molecule has 0 saturated heterocycles. The van der Waals surface area contributed by atoms with Gasteiger partial charge in [0.1, 0.15) is 5.82 Å². The normalized spacial score (nSPS) is 10.6. The van der Waals surface area contributed by atoms with Crippen molar-refractivity contribution in [3.8, 4) is 11.3 Å². The van der Waals surface area contributed by atoms with Crippen molar-refractivity contribution in [1.82, 2.24) is 20.1 Å². The smallest absolute Gasteiger partial charge is 0.230 e. The fourth-order valence-corrected chi connectivity index (χ4v) is 2.98. The average molecular weight is 356 g/mol. The summed E-state index contributed by atoms with van der Waals surface area (Å²) < 4.78 is 14.6. The van der Waals surface area contributed by atoms with E-state index < -0.39 is 0 Å². The molecule has 0 atom stereocenters. The maximum Gasteiger partial charge on any atom is 0.230 e. The van der Waals surface area contributed by atoms with Crippen LogP contribution in [0.3, 0.4) is 0 Å². The number of rotatable bonds is 6. The first-order chi connectivity index (χ1) is 12.1. The van der Waals surface area contributed by atoms with Gasteiger partial charge in [-0.05, 0) is 42.5 Å². The lowest BCUT2D eigenvalue weighted by Gasteiger charge is -2.05. The molecule has 0 fully saturated rings. The van der Waals surface area contributed by atoms with Crippen LogP contribution in [0.2, 0.25) is 0 Å². The third-order valence-corrected chi connectivity index (χ3v) is 4.62. The van der Waals surface area contributed by atoms with E-state index in [-0.39, 0.29) is 17.5 Å². The van der Waals surface area contributed by atoms with Crippen LogP contribution in [0.15, 0.2) is 59.8 Å². The third kappa shape index (κ3) is 4.67. The van der Waals surface area contributed by atoms with E-state index >= 15 is 0 Å². The summed E-state index contributed by atoms with van der Waals surface area (Å²) in [5, 5.41) is 7.34. The van der Waals surface area contributed by atoms with Crippen molar-refractivity contribution in [2.45, 2.75) is 11.4 Å². The van der Waals surface area contributed by atoms with Gasteiger partial charge in [0.2, 0.25) is 5.91 Å². The molecule has 1 aromatic carbocycles. The molecule has 0 aliphatic heterocycles. The lowest BCUT2D eigenvalue weighted by molar-refractivity contribution is -0.118. The van der Waals surface area contributed by atoms with E-state index in [2.05, 4.69) is 15.4 Å². The van der Waals surface area contributed by atoms with Gasteiger partial charge in [0.15, 0.2) is 0 Å². The molecule has 2 heterocycles. The summed E-state index contributed by atoms with van der Waals surface area (Å²) in [5.74, 6) is -0.0863. The first-order valence-electron chi connectivity index (χ1n) is 7.70. The number of carbonyl (C=O) groups excluding carboxylic acids is 1. The van der Waals surface area contributed by atoms with Gasteiger partial charge in [0.05, 0.1) is 23.7 Å². The molecule has 0 spiro atoms. The van der Waals surface area contributed by atoms with Gasteiger partial charge < -0.3 is 5.32 Å². The molecule has 0 aliphatic rings. The Bertz CT molecular complexity index is 849. The van der Waals surface area contributed by atoms with Crippen LogP contribution >= 0.6 is 11.8 Å². The summed E-state index contributed by atoms with van der Waals surface area (Å²) in [6.45, 7) is 0.400. The predicted molar refractivity (Wildman–Crippen MR) is 95.4 cm³/mol. The standard InChI is InChI=1S/C18H17FN4OS/c1-23-15(10-17(22-23)13-6-8-20-9-7-13)11-21-18(24)12-25-16-4-2-14(19)3-5-16/h2-10H,11-12H2,1H3,(H,21,24). The molecule has 1 amide bonds. The molecule has 3 rings (SSSR count). The first-order valence-corrected chi connectivity index (χ1v) is 8.69. The SMILES string of the molecule is Cn1nc(-c2ccncc2)cc1CNC(=O)CSc1ccc(F)cc1. The van der Waals surface area contributed by atoms with Gasteiger partial charge in [0.25, 0.3) is 0 Å². The van der Waals surface area contributed by atoms with E-state index in [4.69, 9.17) is 0 Å². The first kappa shape index (κ1) is 17.2. The van der Waals surface area contributed by atoms with Crippen LogP contribution in [-0.4, -0.2) is 26.4 Å². The zero-order valence-electron chi connectivity index (χ0n) is 13.6. The van der Waals surface area contributed by atoms with Crippen molar-refractivity contribution in [3.63, 3.8) is 0 Å². The number of nitrogens with zero attached hydrogens (tertiary/aromatic N) is 3. The average Bonchev–Trinajstić information content (AvgIpc) is 3.01. The van der Waals surface area contributed by atoms with Crippen LogP contribution in [0.4, 0.5) is 4.39 Å². The fourth-order valence-electron chi connectivity index (χ4n) is 2.25. The highest BCUT2D eigenvalue weighted by molar-refractivity contribution is 8.00. The molecule has 0 saturated carbocycles. The van der Waals surface area contributed by atoms with Crippen LogP contribution in [0.1, 0.15) is 5.69 Å². The highest BCUT2D eigenvalue weighted by Gasteiger charge is 2.09. The van der Waals surface area contributed by atoms with Crippen LogP contribution in [0.25, 0.3) is 11.3 Å². The Morgan fingerprint density at radius 2 is 1.92 bits per heavy atom. The van der Waals surface area contributed by atoms with E-state index in [1.165, 1.54) is 23.9 Å². The van der Waals surface area contributed by atoms with Crippen molar-refractivity contribution in [1.29, 1.82) is 0 Å². The minimum absolute atomic E-state index is 0.0824. The summed E-state index contributed by atoms with van der Waals surface area (Å²) in [6, 6.07) is 11.8. The molecule has 25 heavy (non-hydrogen) atoms. The number of amides is 1. The lowest BCUT2D eigenvalue weighted by Crippen LogP contribution is -2.25. The van der Waals surface area contributed by atoms with Crippen LogP contribution in [0, 0.1) is 5.82 Å². The van der Waals surface area contributed by atoms with Crippen LogP contribution in [0.5, 0.6) is 0 Å². The fraction of sp³-hybridized carbons (Fsp3) is 0.167. The number of pyridine rings is 1. The quantitative estimate of drug-likeness (QED) is 0.690. The molecule has 0 bridgehead atoms. The van der Waals surface area contributed by atoms with E-state index in [0.717, 1.165) is 21.8 Å². The second kappa shape index (κ2) is 7.94. The molecule has 0 unspecified atom stereocenters. The zero-order valence-corrected chi connectivity index (χ0v) is 14.5. The van der Waals surface area contributed by atoms with Crippen LogP contribution in [-0.2, 0) is 18.4 Å². The second-order valence-electron chi connectivity index (χ2n) is 5.40. The molecular weight excluding hydrogens is 339 g/mol. The zero-order chi connectivity index (χ0) is 17.6. The molecule has 2 aromatic heterocycles. The number of halogens is 1. The molecule has 1 N–H and O–H groups in total. The summed E-state index contributed by atoms with van der Waals surface area (Å²) in [4.78, 5) is 16.9. The number of hydrogen-bond donors (Lipinski definition) is 1. The van der Waals surface area contributed by atoms with Crippen molar-refractivity contribution in [3.05, 3.63) is 66.4 Å². The van der Waals surface area contributed by atoms with Crippen molar-refractivity contribution < 1.29 is 9.18 Å². The molecular formula is C18H17FN4OS. The van der Waals surface area contributed by atoms with Crippen LogP contribution < -0.4 is 5.32 Å². The second-order valence-corrected chi connectivity index (χ2v) is 6.45. The Morgan fingerprint density at radius 1 is 1.20 bits per heavy atom. The summed E-state index contributed by atoms with van der Waals surface area (Å²) >= 11 is 1.37. The Balaban J connectivity index is 1.53. The van der Waals surface area contributed by atoms with E-state index in [9.17, 15) is 9.18 Å². The molecule has 7 heteroatoms. The number of thioether (sulfide) groups is 1. The number of aryl methyl sites for hydroxylation is 1. The van der Waals surface area contributed by atoms with E-state index in [1.807, 2.05) is 25.2 Å². The van der Waals surface area contributed by atoms with E-state index in [0.29, 0.717) is 6.54 Å². The summed E-state index contributed by atoms with van der Waals surface area (Å²) in [5.41, 5.74) is 2.73. The Labute approximate surface area is 149 Å². The molecule has 0 radical (unpaired) electrons. The van der Waals surface area contributed by atoms with Gasteiger partial charge in [-0.25, -0.2) is 4.39 Å². The molecule has 5 nitrogen and oxygen atoms in total. The number of carbonyl (C=O) groups is 1. The molecule has 0 aliphatic carbocycles. The van der Waals surface area contributed by atoms with Gasteiger partial charge in [-0.15, -0.1) is 11.8 Å². The lowest BCUT2D eigenvalue weighted by atomic mass is 10.2. The summed E-state index contributed by atoms with van der Waals surface area (Å²) in [7, 11) is 1.85. The molecule has 3 aromatic rings. The number of hydrogen-bond acceptors (Lipinski definition) is 4. The van der Waals surface area contributed by atoms with Gasteiger partial charge in [-0.2, -0.15) is 5.10 Å². The minimum Gasteiger partial charge on any atom is -0.350 e. The minimum atomic E-state index is -0.282. The Morgan fingerprint density at radius 3 is 2.64 bits per heavy atom. The van der Waals surface area contributed by atoms with Crippen molar-refractivity contribution >= 4 is 17.7 Å². The number of benzene rings is 1. The largest absolute Gasteiger partial charge is 0.350 e. The predicted octanol–water partition coefficient (Wildman–Crippen LogP) is 3.03. The van der Waals surface area contributed by atoms with Gasteiger partial charge in [-0.3, -0.25) is 14.5 Å². The Kier molecular flexibility index (Phi) is 5.45. The number of aromatic nitrogens is 3. The maximum atomic E-state index is 12.9. The highest BCUT2D eigenvalue weighted by Crippen LogP contribution is 2.19. The van der Waals surface area contributed by atoms with Gasteiger partial charge in [-0.1, -0.05) is 0 Å². The highest BCUT2D eigenvalue weighted by atomic mass is 32.2. The maximum absolute atomic E-state index is 12.9. The molecule has 128 valence electrons. The monoisotopic (exact) mass is 356 g/mol. The summed E-state index contributed by atoms with van der Waals surface area (Å²) in [6.07, 6.45) is 3.44. The van der Waals surface area contributed by atoms with E-state index in [1.54, 1.807) is 29.2 Å². The van der Waals surface area contributed by atoms with Gasteiger partial charge >= 0.3 is 0 Å². The van der Waals surface area contributed by atoms with Crippen molar-refractivity contribution in [2.75, 3.05) is 5.75 Å². The van der Waals surface area contributed by atoms with Gasteiger partial charge in [0, 0.05) is 29.9 Å². The Hall–Kier alpha value is -2.67. The third-order valence-electron chi connectivity index (χ3n) is 3.60.